The SMILES string of the molecule is CCCCCCCCCCC1(CCCCCCCCCC)c2cc(N)ccc2-c2ccc(N)cc21. The molecule has 4 N–H and O–H groups in total. The Hall–Kier alpha value is -1.96. The molecule has 0 radical (unpaired) electrons. The molecule has 0 fully saturated rings. The summed E-state index contributed by atoms with van der Waals surface area (Å²) >= 11 is 0. The summed E-state index contributed by atoms with van der Waals surface area (Å²) in [7, 11) is 0. The van der Waals surface area contributed by atoms with Crippen molar-refractivity contribution in [3.8, 4) is 11.1 Å². The summed E-state index contributed by atoms with van der Waals surface area (Å²) in [6.07, 6.45) is 24.2. The zero-order chi connectivity index (χ0) is 24.9. The molecule has 0 saturated carbocycles. The molecule has 0 aromatic heterocycles. The molecule has 2 nitrogen and oxygen atoms in total. The smallest absolute Gasteiger partial charge is 0.0317 e. The van der Waals surface area contributed by atoms with Gasteiger partial charge in [-0.3, -0.25) is 0 Å². The molecular weight excluding hydrogens is 424 g/mol. The minimum Gasteiger partial charge on any atom is -0.399 e. The van der Waals surface area contributed by atoms with E-state index in [1.165, 1.54) is 138 Å². The van der Waals surface area contributed by atoms with Gasteiger partial charge in [0.15, 0.2) is 0 Å². The van der Waals surface area contributed by atoms with Crippen LogP contribution in [0.4, 0.5) is 11.4 Å². The third kappa shape index (κ3) is 7.51. The Labute approximate surface area is 216 Å². The predicted octanol–water partition coefficient (Wildman–Crippen LogP) is 10.2. The van der Waals surface area contributed by atoms with Gasteiger partial charge < -0.3 is 11.5 Å². The molecule has 0 unspecified atom stereocenters. The van der Waals surface area contributed by atoms with Gasteiger partial charge in [-0.25, -0.2) is 0 Å². The fraction of sp³-hybridized carbons (Fsp3) is 0.636. The molecular formula is C33H52N2. The zero-order valence-electron chi connectivity index (χ0n) is 22.8. The average Bonchev–Trinajstić information content (AvgIpc) is 3.11. The molecule has 2 aromatic rings. The summed E-state index contributed by atoms with van der Waals surface area (Å²) in [5.41, 5.74) is 20.3. The van der Waals surface area contributed by atoms with Gasteiger partial charge in [0.25, 0.3) is 0 Å². The van der Waals surface area contributed by atoms with E-state index in [1.54, 1.807) is 0 Å². The summed E-state index contributed by atoms with van der Waals surface area (Å²) in [6, 6.07) is 13.2. The Kier molecular flexibility index (Phi) is 11.5. The molecule has 0 spiro atoms. The number of rotatable bonds is 18. The van der Waals surface area contributed by atoms with Crippen LogP contribution in [0.3, 0.4) is 0 Å². The maximum absolute atomic E-state index is 6.36. The van der Waals surface area contributed by atoms with Crippen LogP contribution in [0.25, 0.3) is 11.1 Å². The highest BCUT2D eigenvalue weighted by Crippen LogP contribution is 2.55. The Morgan fingerprint density at radius 2 is 0.829 bits per heavy atom. The van der Waals surface area contributed by atoms with Gasteiger partial charge in [-0.05, 0) is 59.4 Å². The maximum Gasteiger partial charge on any atom is 0.0317 e. The fourth-order valence-electron chi connectivity index (χ4n) is 6.32. The van der Waals surface area contributed by atoms with Crippen molar-refractivity contribution in [1.29, 1.82) is 0 Å². The summed E-state index contributed by atoms with van der Waals surface area (Å²) in [5.74, 6) is 0. The van der Waals surface area contributed by atoms with E-state index in [0.29, 0.717) is 0 Å². The first-order chi connectivity index (χ1) is 17.1. The van der Waals surface area contributed by atoms with Crippen molar-refractivity contribution in [3.63, 3.8) is 0 Å². The van der Waals surface area contributed by atoms with E-state index in [-0.39, 0.29) is 5.41 Å². The molecule has 1 aliphatic carbocycles. The van der Waals surface area contributed by atoms with E-state index in [2.05, 4.69) is 50.2 Å². The summed E-state index contributed by atoms with van der Waals surface area (Å²) in [4.78, 5) is 0. The number of benzene rings is 2. The Bertz CT molecular complexity index is 811. The first-order valence-electron chi connectivity index (χ1n) is 14.9. The summed E-state index contributed by atoms with van der Waals surface area (Å²) < 4.78 is 0. The second kappa shape index (κ2) is 14.6. The van der Waals surface area contributed by atoms with E-state index in [0.717, 1.165) is 11.4 Å². The average molecular weight is 477 g/mol. The van der Waals surface area contributed by atoms with Gasteiger partial charge in [-0.2, -0.15) is 0 Å². The molecule has 0 aliphatic heterocycles. The molecule has 2 aromatic carbocycles. The van der Waals surface area contributed by atoms with Gasteiger partial charge >= 0.3 is 0 Å². The third-order valence-corrected chi connectivity index (χ3v) is 8.32. The second-order valence-electron chi connectivity index (χ2n) is 11.1. The second-order valence-corrected chi connectivity index (χ2v) is 11.1. The van der Waals surface area contributed by atoms with Crippen molar-refractivity contribution >= 4 is 11.4 Å². The number of fused-ring (bicyclic) bond motifs is 3. The van der Waals surface area contributed by atoms with Gasteiger partial charge in [0.2, 0.25) is 0 Å². The van der Waals surface area contributed by atoms with E-state index < -0.39 is 0 Å². The lowest BCUT2D eigenvalue weighted by Gasteiger charge is -2.33. The molecule has 2 heteroatoms. The van der Waals surface area contributed by atoms with Crippen LogP contribution in [0.5, 0.6) is 0 Å². The number of unbranched alkanes of at least 4 members (excludes halogenated alkanes) is 14. The molecule has 35 heavy (non-hydrogen) atoms. The first-order valence-corrected chi connectivity index (χ1v) is 14.9. The number of anilines is 2. The monoisotopic (exact) mass is 476 g/mol. The van der Waals surface area contributed by atoms with Gasteiger partial charge in [0.1, 0.15) is 0 Å². The van der Waals surface area contributed by atoms with Crippen LogP contribution in [0, 0.1) is 0 Å². The number of nitrogens with two attached hydrogens (primary N) is 2. The Morgan fingerprint density at radius 3 is 1.20 bits per heavy atom. The lowest BCUT2D eigenvalue weighted by molar-refractivity contribution is 0.397. The predicted molar refractivity (Wildman–Crippen MR) is 156 cm³/mol. The van der Waals surface area contributed by atoms with Gasteiger partial charge in [-0.15, -0.1) is 0 Å². The van der Waals surface area contributed by atoms with E-state index in [9.17, 15) is 0 Å². The number of nitrogen functional groups attached to an aromatic ring is 2. The van der Waals surface area contributed by atoms with Crippen molar-refractivity contribution < 1.29 is 0 Å². The van der Waals surface area contributed by atoms with Crippen LogP contribution >= 0.6 is 0 Å². The highest BCUT2D eigenvalue weighted by Gasteiger charge is 2.42. The van der Waals surface area contributed by atoms with Gasteiger partial charge in [0.05, 0.1) is 0 Å². The molecule has 3 rings (SSSR count). The molecule has 194 valence electrons. The highest BCUT2D eigenvalue weighted by molar-refractivity contribution is 5.83. The van der Waals surface area contributed by atoms with Crippen LogP contribution in [0.1, 0.15) is 141 Å². The molecule has 0 heterocycles. The van der Waals surface area contributed by atoms with E-state index >= 15 is 0 Å². The maximum atomic E-state index is 6.36. The van der Waals surface area contributed by atoms with E-state index in [4.69, 9.17) is 11.5 Å². The largest absolute Gasteiger partial charge is 0.399 e. The quantitative estimate of drug-likeness (QED) is 0.166. The summed E-state index contributed by atoms with van der Waals surface area (Å²) in [5, 5.41) is 0. The van der Waals surface area contributed by atoms with Crippen molar-refractivity contribution in [2.24, 2.45) is 0 Å². The van der Waals surface area contributed by atoms with Crippen molar-refractivity contribution in [3.05, 3.63) is 47.5 Å². The first kappa shape index (κ1) is 27.6. The zero-order valence-corrected chi connectivity index (χ0v) is 22.8. The Morgan fingerprint density at radius 1 is 0.486 bits per heavy atom. The third-order valence-electron chi connectivity index (χ3n) is 8.32. The number of hydrogen-bond donors (Lipinski definition) is 2. The van der Waals surface area contributed by atoms with Crippen molar-refractivity contribution in [2.45, 2.75) is 135 Å². The highest BCUT2D eigenvalue weighted by atomic mass is 14.6. The van der Waals surface area contributed by atoms with Crippen molar-refractivity contribution in [2.75, 3.05) is 11.5 Å². The molecule has 0 bridgehead atoms. The van der Waals surface area contributed by atoms with Gasteiger partial charge in [0, 0.05) is 16.8 Å². The minimum atomic E-state index is 0.0693. The lowest BCUT2D eigenvalue weighted by Crippen LogP contribution is -2.26. The van der Waals surface area contributed by atoms with Crippen LogP contribution < -0.4 is 11.5 Å². The van der Waals surface area contributed by atoms with Crippen LogP contribution in [-0.4, -0.2) is 0 Å². The van der Waals surface area contributed by atoms with Crippen molar-refractivity contribution in [1.82, 2.24) is 0 Å². The Balaban J connectivity index is 1.70. The van der Waals surface area contributed by atoms with Gasteiger partial charge in [-0.1, -0.05) is 129 Å². The molecule has 1 aliphatic rings. The van der Waals surface area contributed by atoms with Crippen LogP contribution in [0.2, 0.25) is 0 Å². The molecule has 0 atom stereocenters. The van der Waals surface area contributed by atoms with Crippen LogP contribution in [-0.2, 0) is 5.41 Å². The standard InChI is InChI=1S/C33H52N2/c1-3-5-7-9-11-13-15-17-23-33(24-18-16-14-12-10-8-6-4-2)31-25-27(34)19-21-29(31)30-22-20-28(35)26-32(30)33/h19-22,25-26H,3-18,23-24,34-35H2,1-2H3. The minimum absolute atomic E-state index is 0.0693. The molecule has 0 amide bonds. The lowest BCUT2D eigenvalue weighted by atomic mass is 9.70. The number of hydrogen-bond acceptors (Lipinski definition) is 2. The normalized spacial score (nSPS) is 13.7. The van der Waals surface area contributed by atoms with Crippen LogP contribution in [0.15, 0.2) is 36.4 Å². The van der Waals surface area contributed by atoms with E-state index in [1.807, 2.05) is 0 Å². The molecule has 0 saturated heterocycles. The fourth-order valence-corrected chi connectivity index (χ4v) is 6.32. The topological polar surface area (TPSA) is 52.0 Å². The summed E-state index contributed by atoms with van der Waals surface area (Å²) in [6.45, 7) is 4.59.